The summed E-state index contributed by atoms with van der Waals surface area (Å²) in [7, 11) is 0. The highest BCUT2D eigenvalue weighted by Crippen LogP contribution is 1.99. The van der Waals surface area contributed by atoms with Crippen LogP contribution in [0.2, 0.25) is 0 Å². The summed E-state index contributed by atoms with van der Waals surface area (Å²) >= 11 is 5.52. The van der Waals surface area contributed by atoms with Gasteiger partial charge in [0.1, 0.15) is 0 Å². The van der Waals surface area contributed by atoms with Crippen molar-refractivity contribution < 1.29 is 9.53 Å². The molecule has 14 heavy (non-hydrogen) atoms. The van der Waals surface area contributed by atoms with Gasteiger partial charge < -0.3 is 9.64 Å². The maximum atomic E-state index is 11.5. The molecule has 0 aromatic heterocycles. The number of amides is 1. The Bertz CT molecular complexity index is 153. The molecule has 0 aliphatic rings. The number of hydrogen-bond donors (Lipinski definition) is 0. The molecule has 0 spiro atoms. The van der Waals surface area contributed by atoms with Crippen molar-refractivity contribution in [3.63, 3.8) is 0 Å². The van der Waals surface area contributed by atoms with Gasteiger partial charge in [-0.1, -0.05) is 0 Å². The Morgan fingerprint density at radius 2 is 2.14 bits per heavy atom. The van der Waals surface area contributed by atoms with E-state index >= 15 is 0 Å². The van der Waals surface area contributed by atoms with Gasteiger partial charge in [-0.2, -0.15) is 0 Å². The summed E-state index contributed by atoms with van der Waals surface area (Å²) in [6.07, 6.45) is 1.30. The minimum atomic E-state index is 0.174. The van der Waals surface area contributed by atoms with Crippen molar-refractivity contribution >= 4 is 17.5 Å². The number of carbonyl (C=O) groups excluding carboxylic acids is 1. The molecule has 0 aliphatic heterocycles. The number of hydrogen-bond acceptors (Lipinski definition) is 2. The van der Waals surface area contributed by atoms with E-state index in [9.17, 15) is 4.79 Å². The van der Waals surface area contributed by atoms with Gasteiger partial charge in [-0.05, 0) is 20.3 Å². The summed E-state index contributed by atoms with van der Waals surface area (Å²) in [4.78, 5) is 13.3. The minimum Gasteiger partial charge on any atom is -0.380 e. The van der Waals surface area contributed by atoms with E-state index in [1.807, 2.05) is 18.7 Å². The zero-order valence-electron chi connectivity index (χ0n) is 9.09. The monoisotopic (exact) mass is 221 g/mol. The summed E-state index contributed by atoms with van der Waals surface area (Å²) in [5.41, 5.74) is 0. The summed E-state index contributed by atoms with van der Waals surface area (Å²) in [5.74, 6) is 0.724. The van der Waals surface area contributed by atoms with E-state index in [4.69, 9.17) is 16.3 Å². The van der Waals surface area contributed by atoms with Crippen molar-refractivity contribution in [2.45, 2.75) is 26.7 Å². The lowest BCUT2D eigenvalue weighted by Crippen LogP contribution is -2.33. The van der Waals surface area contributed by atoms with Crippen LogP contribution in [0.25, 0.3) is 0 Å². The number of ether oxygens (including phenoxy) is 1. The molecule has 0 atom stereocenters. The first-order valence-electron chi connectivity index (χ1n) is 5.17. The molecule has 0 rings (SSSR count). The molecule has 84 valence electrons. The Balaban J connectivity index is 3.69. The second-order valence-corrected chi connectivity index (χ2v) is 3.34. The summed E-state index contributed by atoms with van der Waals surface area (Å²) in [5, 5.41) is 0. The van der Waals surface area contributed by atoms with Gasteiger partial charge in [0, 0.05) is 32.0 Å². The zero-order chi connectivity index (χ0) is 10.8. The topological polar surface area (TPSA) is 29.5 Å². The van der Waals surface area contributed by atoms with Gasteiger partial charge in [0.05, 0.1) is 6.61 Å². The van der Waals surface area contributed by atoms with Gasteiger partial charge in [-0.3, -0.25) is 4.79 Å². The average Bonchev–Trinajstić information content (AvgIpc) is 2.21. The van der Waals surface area contributed by atoms with E-state index in [2.05, 4.69) is 0 Å². The van der Waals surface area contributed by atoms with Crippen molar-refractivity contribution in [1.82, 2.24) is 4.90 Å². The lowest BCUT2D eigenvalue weighted by Gasteiger charge is -2.20. The predicted molar refractivity (Wildman–Crippen MR) is 58.7 cm³/mol. The predicted octanol–water partition coefficient (Wildman–Crippen LogP) is 1.89. The first kappa shape index (κ1) is 13.7. The van der Waals surface area contributed by atoms with Gasteiger partial charge >= 0.3 is 0 Å². The summed E-state index contributed by atoms with van der Waals surface area (Å²) < 4.78 is 5.20. The van der Waals surface area contributed by atoms with Crippen LogP contribution >= 0.6 is 11.6 Å². The zero-order valence-corrected chi connectivity index (χ0v) is 9.85. The lowest BCUT2D eigenvalue weighted by molar-refractivity contribution is -0.131. The van der Waals surface area contributed by atoms with Gasteiger partial charge in [-0.25, -0.2) is 0 Å². The van der Waals surface area contributed by atoms with Crippen LogP contribution in [0.1, 0.15) is 26.7 Å². The van der Waals surface area contributed by atoms with Crippen LogP contribution in [0.15, 0.2) is 0 Å². The summed E-state index contributed by atoms with van der Waals surface area (Å²) in [6.45, 7) is 6.68. The third-order valence-corrected chi connectivity index (χ3v) is 2.24. The second kappa shape index (κ2) is 9.28. The number of halogens is 1. The third-order valence-electron chi connectivity index (χ3n) is 1.97. The fourth-order valence-corrected chi connectivity index (χ4v) is 1.29. The largest absolute Gasteiger partial charge is 0.380 e. The molecule has 0 aromatic carbocycles. The molecule has 0 unspecified atom stereocenters. The van der Waals surface area contributed by atoms with Crippen molar-refractivity contribution in [2.75, 3.05) is 32.2 Å². The molecule has 4 heteroatoms. The number of likely N-dealkylation sites (N-methyl/N-ethyl adjacent to an activating group) is 1. The SMILES string of the molecule is CCOCCN(CC)C(=O)CCCCl. The van der Waals surface area contributed by atoms with E-state index < -0.39 is 0 Å². The van der Waals surface area contributed by atoms with Crippen LogP contribution < -0.4 is 0 Å². The highest BCUT2D eigenvalue weighted by molar-refractivity contribution is 6.17. The van der Waals surface area contributed by atoms with E-state index in [0.29, 0.717) is 32.1 Å². The fraction of sp³-hybridized carbons (Fsp3) is 0.900. The highest BCUT2D eigenvalue weighted by atomic mass is 35.5. The van der Waals surface area contributed by atoms with Gasteiger partial charge in [0.2, 0.25) is 5.91 Å². The van der Waals surface area contributed by atoms with Crippen LogP contribution in [-0.4, -0.2) is 43.0 Å². The fourth-order valence-electron chi connectivity index (χ4n) is 1.15. The second-order valence-electron chi connectivity index (χ2n) is 2.96. The van der Waals surface area contributed by atoms with E-state index in [0.717, 1.165) is 13.0 Å². The highest BCUT2D eigenvalue weighted by Gasteiger charge is 2.09. The number of alkyl halides is 1. The molecule has 3 nitrogen and oxygen atoms in total. The van der Waals surface area contributed by atoms with Crippen LogP contribution in [-0.2, 0) is 9.53 Å². The van der Waals surface area contributed by atoms with Crippen molar-refractivity contribution in [3.05, 3.63) is 0 Å². The molecule has 0 aliphatic carbocycles. The number of nitrogens with zero attached hydrogens (tertiary/aromatic N) is 1. The molecule has 0 aromatic rings. The quantitative estimate of drug-likeness (QED) is 0.463. The normalized spacial score (nSPS) is 10.2. The maximum Gasteiger partial charge on any atom is 0.222 e. The number of carbonyl (C=O) groups is 1. The Morgan fingerprint density at radius 3 is 2.64 bits per heavy atom. The van der Waals surface area contributed by atoms with Crippen molar-refractivity contribution in [1.29, 1.82) is 0 Å². The molecule has 0 bridgehead atoms. The first-order valence-corrected chi connectivity index (χ1v) is 5.71. The van der Waals surface area contributed by atoms with Crippen LogP contribution in [0.5, 0.6) is 0 Å². The Morgan fingerprint density at radius 1 is 1.43 bits per heavy atom. The van der Waals surface area contributed by atoms with Gasteiger partial charge in [-0.15, -0.1) is 11.6 Å². The van der Waals surface area contributed by atoms with Crippen LogP contribution in [0.4, 0.5) is 0 Å². The van der Waals surface area contributed by atoms with Crippen molar-refractivity contribution in [2.24, 2.45) is 0 Å². The maximum absolute atomic E-state index is 11.5. The molecule has 0 N–H and O–H groups in total. The minimum absolute atomic E-state index is 0.174. The summed E-state index contributed by atoms with van der Waals surface area (Å²) in [6, 6.07) is 0. The molecule has 0 saturated carbocycles. The Labute approximate surface area is 91.4 Å². The lowest BCUT2D eigenvalue weighted by atomic mass is 10.3. The molecule has 0 radical (unpaired) electrons. The number of rotatable bonds is 8. The molecule has 1 amide bonds. The molecular formula is C10H20ClNO2. The average molecular weight is 222 g/mol. The third kappa shape index (κ3) is 6.22. The van der Waals surface area contributed by atoms with Gasteiger partial charge in [0.25, 0.3) is 0 Å². The van der Waals surface area contributed by atoms with Crippen LogP contribution in [0.3, 0.4) is 0 Å². The van der Waals surface area contributed by atoms with E-state index in [1.54, 1.807) is 0 Å². The molecule has 0 saturated heterocycles. The van der Waals surface area contributed by atoms with Crippen LogP contribution in [0, 0.1) is 0 Å². The standard InChI is InChI=1S/C10H20ClNO2/c1-3-12(8-9-14-4-2)10(13)6-5-7-11/h3-9H2,1-2H3. The van der Waals surface area contributed by atoms with E-state index in [1.165, 1.54) is 0 Å². The molecular weight excluding hydrogens is 202 g/mol. The molecule has 0 heterocycles. The molecule has 0 fully saturated rings. The first-order chi connectivity index (χ1) is 6.76. The smallest absolute Gasteiger partial charge is 0.222 e. The van der Waals surface area contributed by atoms with Crippen molar-refractivity contribution in [3.8, 4) is 0 Å². The Hall–Kier alpha value is -0.280. The Kier molecular flexibility index (Phi) is 9.10. The van der Waals surface area contributed by atoms with Gasteiger partial charge in [0.15, 0.2) is 0 Å². The van der Waals surface area contributed by atoms with E-state index in [-0.39, 0.29) is 5.91 Å².